The van der Waals surface area contributed by atoms with Crippen LogP contribution in [-0.4, -0.2) is 18.1 Å². The van der Waals surface area contributed by atoms with Gasteiger partial charge in [-0.1, -0.05) is 34.8 Å². The van der Waals surface area contributed by atoms with Gasteiger partial charge < -0.3 is 4.74 Å². The van der Waals surface area contributed by atoms with Gasteiger partial charge in [-0.05, 0) is 18.2 Å². The highest BCUT2D eigenvalue weighted by Gasteiger charge is 2.36. The van der Waals surface area contributed by atoms with Crippen molar-refractivity contribution in [1.82, 2.24) is 4.98 Å². The van der Waals surface area contributed by atoms with Crippen molar-refractivity contribution in [3.8, 4) is 11.3 Å². The average molecular weight is 385 g/mol. The summed E-state index contributed by atoms with van der Waals surface area (Å²) in [6.45, 7) is 0. The van der Waals surface area contributed by atoms with Gasteiger partial charge >= 0.3 is 12.1 Å². The van der Waals surface area contributed by atoms with E-state index in [2.05, 4.69) is 9.72 Å². The number of pyridine rings is 1. The molecule has 0 aliphatic heterocycles. The van der Waals surface area contributed by atoms with Crippen molar-refractivity contribution in [1.29, 1.82) is 0 Å². The van der Waals surface area contributed by atoms with E-state index in [4.69, 9.17) is 34.8 Å². The SMILES string of the molecule is COC(=O)c1cc(-c2c(Cl)cc(Cl)cc2Cl)ncc1C(F)(F)F. The minimum absolute atomic E-state index is 0.00920. The van der Waals surface area contributed by atoms with Crippen molar-refractivity contribution >= 4 is 40.8 Å². The van der Waals surface area contributed by atoms with E-state index in [1.54, 1.807) is 0 Å². The number of alkyl halides is 3. The molecule has 9 heteroatoms. The lowest BCUT2D eigenvalue weighted by Gasteiger charge is -2.13. The van der Waals surface area contributed by atoms with Crippen LogP contribution in [0, 0.1) is 0 Å². The Labute approximate surface area is 143 Å². The van der Waals surface area contributed by atoms with Crippen LogP contribution in [0.25, 0.3) is 11.3 Å². The fraction of sp³-hybridized carbons (Fsp3) is 0.143. The molecule has 1 heterocycles. The molecule has 3 nitrogen and oxygen atoms in total. The molecule has 0 unspecified atom stereocenters. The molecule has 0 fully saturated rings. The van der Waals surface area contributed by atoms with E-state index in [1.807, 2.05) is 0 Å². The van der Waals surface area contributed by atoms with Crippen LogP contribution >= 0.6 is 34.8 Å². The first-order valence-corrected chi connectivity index (χ1v) is 7.09. The van der Waals surface area contributed by atoms with E-state index >= 15 is 0 Å². The zero-order valence-electron chi connectivity index (χ0n) is 11.3. The summed E-state index contributed by atoms with van der Waals surface area (Å²) in [5.41, 5.74) is -1.75. The maximum atomic E-state index is 13.0. The minimum Gasteiger partial charge on any atom is -0.465 e. The van der Waals surface area contributed by atoms with Crippen LogP contribution in [0.15, 0.2) is 24.4 Å². The molecule has 122 valence electrons. The van der Waals surface area contributed by atoms with Gasteiger partial charge in [0.25, 0.3) is 0 Å². The van der Waals surface area contributed by atoms with E-state index in [1.165, 1.54) is 12.1 Å². The summed E-state index contributed by atoms with van der Waals surface area (Å²) >= 11 is 17.8. The summed E-state index contributed by atoms with van der Waals surface area (Å²) in [4.78, 5) is 15.4. The number of halogens is 6. The van der Waals surface area contributed by atoms with Crippen LogP contribution < -0.4 is 0 Å². The molecule has 0 atom stereocenters. The first-order valence-electron chi connectivity index (χ1n) is 5.95. The number of esters is 1. The van der Waals surface area contributed by atoms with Crippen LogP contribution in [-0.2, 0) is 10.9 Å². The molecule has 1 aromatic heterocycles. The maximum Gasteiger partial charge on any atom is 0.418 e. The van der Waals surface area contributed by atoms with E-state index in [0.29, 0.717) is 6.20 Å². The summed E-state index contributed by atoms with van der Waals surface area (Å²) in [6.07, 6.45) is -4.23. The number of carbonyl (C=O) groups excluding carboxylic acids is 1. The number of hydrogen-bond acceptors (Lipinski definition) is 3. The Morgan fingerprint density at radius 1 is 1.13 bits per heavy atom. The van der Waals surface area contributed by atoms with E-state index in [9.17, 15) is 18.0 Å². The fourth-order valence-electron chi connectivity index (χ4n) is 1.88. The van der Waals surface area contributed by atoms with Crippen molar-refractivity contribution in [3.63, 3.8) is 0 Å². The quantitative estimate of drug-likeness (QED) is 0.641. The number of ether oxygens (including phenoxy) is 1. The van der Waals surface area contributed by atoms with Crippen molar-refractivity contribution < 1.29 is 22.7 Å². The molecule has 1 aromatic carbocycles. The molecule has 0 saturated carbocycles. The predicted octanol–water partition coefficient (Wildman–Crippen LogP) is 5.51. The van der Waals surface area contributed by atoms with Crippen LogP contribution in [0.3, 0.4) is 0 Å². The van der Waals surface area contributed by atoms with E-state index < -0.39 is 23.3 Å². The molecule has 0 spiro atoms. The number of aromatic nitrogens is 1. The molecule has 0 amide bonds. The predicted molar refractivity (Wildman–Crippen MR) is 81.0 cm³/mol. The van der Waals surface area contributed by atoms with Gasteiger partial charge in [0.05, 0.1) is 34.0 Å². The van der Waals surface area contributed by atoms with Gasteiger partial charge in [0.15, 0.2) is 0 Å². The molecule has 2 aromatic rings. The number of rotatable bonds is 2. The smallest absolute Gasteiger partial charge is 0.418 e. The van der Waals surface area contributed by atoms with Crippen LogP contribution in [0.4, 0.5) is 13.2 Å². The van der Waals surface area contributed by atoms with Crippen LogP contribution in [0.5, 0.6) is 0 Å². The number of carbonyl (C=O) groups is 1. The number of benzene rings is 1. The normalized spacial score (nSPS) is 11.4. The Bertz CT molecular complexity index is 755. The highest BCUT2D eigenvalue weighted by molar-refractivity contribution is 6.41. The lowest BCUT2D eigenvalue weighted by atomic mass is 10.0. The van der Waals surface area contributed by atoms with Crippen molar-refractivity contribution in [2.75, 3.05) is 7.11 Å². The van der Waals surface area contributed by atoms with Crippen molar-refractivity contribution in [2.45, 2.75) is 6.18 Å². The largest absolute Gasteiger partial charge is 0.465 e. The topological polar surface area (TPSA) is 39.2 Å². The number of hydrogen-bond donors (Lipinski definition) is 0. The third-order valence-corrected chi connectivity index (χ3v) is 3.69. The van der Waals surface area contributed by atoms with E-state index in [-0.39, 0.29) is 26.3 Å². The average Bonchev–Trinajstić information content (AvgIpc) is 2.44. The molecule has 0 N–H and O–H groups in total. The van der Waals surface area contributed by atoms with Gasteiger partial charge in [0, 0.05) is 16.8 Å². The monoisotopic (exact) mass is 383 g/mol. The Hall–Kier alpha value is -1.50. The zero-order valence-corrected chi connectivity index (χ0v) is 13.6. The summed E-state index contributed by atoms with van der Waals surface area (Å²) < 4.78 is 43.3. The molecular weight excluding hydrogens is 378 g/mol. The van der Waals surface area contributed by atoms with Crippen molar-refractivity contribution in [2.24, 2.45) is 0 Å². The minimum atomic E-state index is -4.76. The Morgan fingerprint density at radius 3 is 2.17 bits per heavy atom. The molecule has 0 bridgehead atoms. The zero-order chi connectivity index (χ0) is 17.4. The standard InChI is InChI=1S/C14H7Cl3F3NO2/c1-23-13(22)7-4-11(21-5-8(7)14(18,19)20)12-9(16)2-6(15)3-10(12)17/h2-5H,1H3. The van der Waals surface area contributed by atoms with Gasteiger partial charge in [0.1, 0.15) is 0 Å². The van der Waals surface area contributed by atoms with Gasteiger partial charge in [0.2, 0.25) is 0 Å². The Kier molecular flexibility index (Phi) is 5.08. The number of nitrogens with zero attached hydrogens (tertiary/aromatic N) is 1. The molecule has 23 heavy (non-hydrogen) atoms. The Morgan fingerprint density at radius 2 is 1.70 bits per heavy atom. The van der Waals surface area contributed by atoms with Gasteiger partial charge in [-0.25, -0.2) is 4.79 Å². The fourth-order valence-corrected chi connectivity index (χ4v) is 2.89. The molecule has 0 aliphatic carbocycles. The molecular formula is C14H7Cl3F3NO2. The lowest BCUT2D eigenvalue weighted by Crippen LogP contribution is -2.15. The first-order chi connectivity index (χ1) is 10.6. The lowest BCUT2D eigenvalue weighted by molar-refractivity contribution is -0.138. The third kappa shape index (κ3) is 3.71. The second kappa shape index (κ2) is 6.55. The molecule has 0 aliphatic rings. The van der Waals surface area contributed by atoms with Gasteiger partial charge in [-0.3, -0.25) is 4.98 Å². The number of methoxy groups -OCH3 is 1. The second-order valence-corrected chi connectivity index (χ2v) is 5.60. The second-order valence-electron chi connectivity index (χ2n) is 4.35. The van der Waals surface area contributed by atoms with E-state index in [0.717, 1.165) is 13.2 Å². The maximum absolute atomic E-state index is 13.0. The Balaban J connectivity index is 2.70. The summed E-state index contributed by atoms with van der Waals surface area (Å²) in [6, 6.07) is 3.65. The summed E-state index contributed by atoms with van der Waals surface area (Å²) in [7, 11) is 0.977. The first kappa shape index (κ1) is 17.8. The molecule has 0 radical (unpaired) electrons. The summed E-state index contributed by atoms with van der Waals surface area (Å²) in [5.74, 6) is -1.15. The highest BCUT2D eigenvalue weighted by atomic mass is 35.5. The summed E-state index contributed by atoms with van der Waals surface area (Å²) in [5, 5.41) is 0.431. The van der Waals surface area contributed by atoms with Crippen LogP contribution in [0.2, 0.25) is 15.1 Å². The third-order valence-electron chi connectivity index (χ3n) is 2.88. The highest BCUT2D eigenvalue weighted by Crippen LogP contribution is 2.39. The van der Waals surface area contributed by atoms with Gasteiger partial charge in [-0.2, -0.15) is 13.2 Å². The molecule has 0 saturated heterocycles. The van der Waals surface area contributed by atoms with Gasteiger partial charge in [-0.15, -0.1) is 0 Å². The van der Waals surface area contributed by atoms with Crippen molar-refractivity contribution in [3.05, 3.63) is 50.6 Å². The molecule has 2 rings (SSSR count). The van der Waals surface area contributed by atoms with Crippen LogP contribution in [0.1, 0.15) is 15.9 Å².